The van der Waals surface area contributed by atoms with E-state index in [2.05, 4.69) is 17.0 Å². The third-order valence-corrected chi connectivity index (χ3v) is 6.74. The third-order valence-electron chi connectivity index (χ3n) is 5.48. The molecule has 1 aliphatic rings. The van der Waals surface area contributed by atoms with Crippen LogP contribution in [0.3, 0.4) is 0 Å². The summed E-state index contributed by atoms with van der Waals surface area (Å²) in [5.74, 6) is 1.13. The summed E-state index contributed by atoms with van der Waals surface area (Å²) in [6.07, 6.45) is -0.0789. The van der Waals surface area contributed by atoms with Gasteiger partial charge >= 0.3 is 10.1 Å². The first-order chi connectivity index (χ1) is 15.4. The highest BCUT2D eigenvalue weighted by atomic mass is 32.2. The number of ether oxygens (including phenoxy) is 2. The van der Waals surface area contributed by atoms with E-state index in [1.807, 2.05) is 31.2 Å². The van der Waals surface area contributed by atoms with E-state index in [0.29, 0.717) is 6.61 Å². The van der Waals surface area contributed by atoms with E-state index in [9.17, 15) is 8.42 Å². The van der Waals surface area contributed by atoms with Crippen molar-refractivity contribution in [1.29, 1.82) is 0 Å². The predicted octanol–water partition coefficient (Wildman–Crippen LogP) is 4.34. The van der Waals surface area contributed by atoms with Gasteiger partial charge in [0.15, 0.2) is 0 Å². The van der Waals surface area contributed by atoms with Gasteiger partial charge in [-0.1, -0.05) is 42.0 Å². The van der Waals surface area contributed by atoms with Gasteiger partial charge in [-0.2, -0.15) is 8.42 Å². The number of morpholine rings is 1. The maximum atomic E-state index is 12.5. The van der Waals surface area contributed by atoms with Gasteiger partial charge in [0.2, 0.25) is 0 Å². The first-order valence-electron chi connectivity index (χ1n) is 10.5. The molecule has 3 aromatic carbocycles. The Morgan fingerprint density at radius 3 is 2.25 bits per heavy atom. The molecule has 0 aromatic heterocycles. The van der Waals surface area contributed by atoms with Gasteiger partial charge in [-0.25, -0.2) is 0 Å². The second-order valence-corrected chi connectivity index (χ2v) is 9.41. The normalized spacial score (nSPS) is 17.1. The van der Waals surface area contributed by atoms with Gasteiger partial charge in [0, 0.05) is 19.6 Å². The van der Waals surface area contributed by atoms with Crippen molar-refractivity contribution in [2.45, 2.75) is 24.5 Å². The lowest BCUT2D eigenvalue weighted by molar-refractivity contribution is -0.0329. The van der Waals surface area contributed by atoms with Crippen molar-refractivity contribution >= 4 is 10.1 Å². The largest absolute Gasteiger partial charge is 0.497 e. The quantitative estimate of drug-likeness (QED) is 0.496. The lowest BCUT2D eigenvalue weighted by Gasteiger charge is -2.33. The van der Waals surface area contributed by atoms with Crippen molar-refractivity contribution in [2.24, 2.45) is 0 Å². The van der Waals surface area contributed by atoms with E-state index >= 15 is 0 Å². The Labute approximate surface area is 189 Å². The minimum absolute atomic E-state index is 0.0789. The Morgan fingerprint density at radius 1 is 0.938 bits per heavy atom. The molecular weight excluding hydrogens is 426 g/mol. The van der Waals surface area contributed by atoms with Crippen molar-refractivity contribution < 1.29 is 22.1 Å². The second kappa shape index (κ2) is 9.73. The Kier molecular flexibility index (Phi) is 6.79. The minimum Gasteiger partial charge on any atom is -0.497 e. The van der Waals surface area contributed by atoms with Crippen molar-refractivity contribution in [3.8, 4) is 11.5 Å². The van der Waals surface area contributed by atoms with Crippen molar-refractivity contribution in [3.63, 3.8) is 0 Å². The zero-order valence-electron chi connectivity index (χ0n) is 18.2. The molecule has 0 aliphatic carbocycles. The van der Waals surface area contributed by atoms with Gasteiger partial charge in [-0.3, -0.25) is 4.90 Å². The Bertz CT molecular complexity index is 1130. The van der Waals surface area contributed by atoms with Gasteiger partial charge in [-0.05, 0) is 54.4 Å². The molecule has 7 heteroatoms. The number of hydrogen-bond acceptors (Lipinski definition) is 6. The van der Waals surface area contributed by atoms with Crippen LogP contribution in [-0.2, 0) is 21.4 Å². The van der Waals surface area contributed by atoms with Gasteiger partial charge < -0.3 is 13.7 Å². The lowest BCUT2D eigenvalue weighted by Crippen LogP contribution is -2.37. The fourth-order valence-corrected chi connectivity index (χ4v) is 4.58. The minimum atomic E-state index is -3.86. The van der Waals surface area contributed by atoms with Crippen LogP contribution in [-0.4, -0.2) is 40.1 Å². The molecule has 1 saturated heterocycles. The highest BCUT2D eigenvalue weighted by Gasteiger charge is 2.23. The average molecular weight is 454 g/mol. The van der Waals surface area contributed by atoms with E-state index in [-0.39, 0.29) is 16.7 Å². The summed E-state index contributed by atoms with van der Waals surface area (Å²) in [5, 5.41) is 0. The molecule has 3 aromatic rings. The fourth-order valence-electron chi connectivity index (χ4n) is 3.65. The number of aryl methyl sites for hydroxylation is 1. The molecule has 0 amide bonds. The zero-order valence-corrected chi connectivity index (χ0v) is 19.0. The van der Waals surface area contributed by atoms with E-state index < -0.39 is 10.1 Å². The standard InChI is InChI=1S/C25H27NO5S/c1-19-3-13-24(14-4-19)32(27,28)31-23-11-7-21(8-12-23)25-18-26(15-16-30-25)17-20-5-9-22(29-2)10-6-20/h3-14,25H,15-18H2,1-2H3/t25-/m0/s1. The van der Waals surface area contributed by atoms with E-state index in [1.54, 1.807) is 43.5 Å². The molecule has 0 radical (unpaired) electrons. The number of benzene rings is 3. The highest BCUT2D eigenvalue weighted by Crippen LogP contribution is 2.27. The summed E-state index contributed by atoms with van der Waals surface area (Å²) in [5.41, 5.74) is 3.20. The van der Waals surface area contributed by atoms with Crippen LogP contribution in [0.25, 0.3) is 0 Å². The lowest BCUT2D eigenvalue weighted by atomic mass is 10.1. The van der Waals surface area contributed by atoms with Crippen LogP contribution in [0.2, 0.25) is 0 Å². The molecule has 0 N–H and O–H groups in total. The summed E-state index contributed by atoms with van der Waals surface area (Å²) in [7, 11) is -2.20. The third kappa shape index (κ3) is 5.48. The van der Waals surface area contributed by atoms with Crippen LogP contribution in [0.1, 0.15) is 22.8 Å². The Morgan fingerprint density at radius 2 is 1.59 bits per heavy atom. The van der Waals surface area contributed by atoms with Crippen LogP contribution in [0, 0.1) is 6.92 Å². The van der Waals surface area contributed by atoms with Crippen LogP contribution in [0.15, 0.2) is 77.7 Å². The number of methoxy groups -OCH3 is 1. The van der Waals surface area contributed by atoms with Crippen molar-refractivity contribution in [3.05, 3.63) is 89.5 Å². The zero-order chi connectivity index (χ0) is 22.6. The van der Waals surface area contributed by atoms with Crippen LogP contribution in [0.5, 0.6) is 11.5 Å². The molecule has 1 atom stereocenters. The second-order valence-electron chi connectivity index (χ2n) is 7.86. The van der Waals surface area contributed by atoms with Crippen molar-refractivity contribution in [1.82, 2.24) is 4.90 Å². The van der Waals surface area contributed by atoms with Crippen LogP contribution >= 0.6 is 0 Å². The monoisotopic (exact) mass is 453 g/mol. The van der Waals surface area contributed by atoms with Gasteiger partial charge in [-0.15, -0.1) is 0 Å². The SMILES string of the molecule is COc1ccc(CN2CCO[C@H](c3ccc(OS(=O)(=O)c4ccc(C)cc4)cc3)C2)cc1. The van der Waals surface area contributed by atoms with E-state index in [4.69, 9.17) is 13.7 Å². The molecule has 1 heterocycles. The molecule has 0 spiro atoms. The van der Waals surface area contributed by atoms with Crippen LogP contribution in [0.4, 0.5) is 0 Å². The molecule has 0 saturated carbocycles. The maximum Gasteiger partial charge on any atom is 0.339 e. The Balaban J connectivity index is 1.39. The predicted molar refractivity (Wildman–Crippen MR) is 122 cm³/mol. The summed E-state index contributed by atoms with van der Waals surface area (Å²) in [4.78, 5) is 2.49. The molecule has 0 bridgehead atoms. The average Bonchev–Trinajstić information content (AvgIpc) is 2.80. The maximum absolute atomic E-state index is 12.5. The number of hydrogen-bond donors (Lipinski definition) is 0. The summed E-state index contributed by atoms with van der Waals surface area (Å²) in [6.45, 7) is 4.99. The van der Waals surface area contributed by atoms with Gasteiger partial charge in [0.25, 0.3) is 0 Å². The smallest absolute Gasteiger partial charge is 0.339 e. The highest BCUT2D eigenvalue weighted by molar-refractivity contribution is 7.87. The van der Waals surface area contributed by atoms with Crippen molar-refractivity contribution in [2.75, 3.05) is 26.8 Å². The van der Waals surface area contributed by atoms with Gasteiger partial charge in [0.05, 0.1) is 19.8 Å². The van der Waals surface area contributed by atoms with E-state index in [1.165, 1.54) is 5.56 Å². The molecule has 6 nitrogen and oxygen atoms in total. The first kappa shape index (κ1) is 22.3. The topological polar surface area (TPSA) is 65.1 Å². The van der Waals surface area contributed by atoms with E-state index in [0.717, 1.165) is 36.5 Å². The van der Waals surface area contributed by atoms with Gasteiger partial charge in [0.1, 0.15) is 16.4 Å². The molecule has 32 heavy (non-hydrogen) atoms. The molecule has 4 rings (SSSR count). The molecule has 0 unspecified atom stereocenters. The fraction of sp³-hybridized carbons (Fsp3) is 0.280. The summed E-state index contributed by atoms with van der Waals surface area (Å²) < 4.78 is 41.5. The molecule has 1 aliphatic heterocycles. The summed E-state index contributed by atoms with van der Waals surface area (Å²) in [6, 6.07) is 21.7. The van der Waals surface area contributed by atoms with Crippen LogP contribution < -0.4 is 8.92 Å². The molecule has 168 valence electrons. The number of rotatable bonds is 7. The first-order valence-corrected chi connectivity index (χ1v) is 11.9. The Hall–Kier alpha value is -2.87. The molecular formula is C25H27NO5S. The molecule has 1 fully saturated rings. The number of nitrogens with zero attached hydrogens (tertiary/aromatic N) is 1. The summed E-state index contributed by atoms with van der Waals surface area (Å²) >= 11 is 0.